The van der Waals surface area contributed by atoms with E-state index in [1.807, 2.05) is 11.0 Å². The monoisotopic (exact) mass is 467 g/mol. The van der Waals surface area contributed by atoms with Crippen LogP contribution in [0.4, 0.5) is 0 Å². The maximum absolute atomic E-state index is 13.4. The van der Waals surface area contributed by atoms with Crippen molar-refractivity contribution in [3.63, 3.8) is 0 Å². The first-order valence-electron chi connectivity index (χ1n) is 11.6. The Kier molecular flexibility index (Phi) is 6.66. The van der Waals surface area contributed by atoms with Crippen molar-refractivity contribution < 1.29 is 4.79 Å². The third-order valence-corrected chi connectivity index (χ3v) is 7.14. The molecular formula is C25H33N5O2S. The maximum Gasteiger partial charge on any atom is 0.265 e. The average Bonchev–Trinajstić information content (AvgIpc) is 3.34. The zero-order valence-corrected chi connectivity index (χ0v) is 21.1. The normalized spacial score (nSPS) is 15.6. The van der Waals surface area contributed by atoms with E-state index in [2.05, 4.69) is 58.8 Å². The van der Waals surface area contributed by atoms with Crippen molar-refractivity contribution in [2.45, 2.75) is 59.2 Å². The molecular weight excluding hydrogens is 434 g/mol. The fourth-order valence-electron chi connectivity index (χ4n) is 4.32. The Labute approximate surface area is 199 Å². The van der Waals surface area contributed by atoms with Crippen LogP contribution in [0.5, 0.6) is 0 Å². The van der Waals surface area contributed by atoms with Crippen LogP contribution in [0.2, 0.25) is 0 Å². The summed E-state index contributed by atoms with van der Waals surface area (Å²) >= 11 is 1.54. The van der Waals surface area contributed by atoms with E-state index in [9.17, 15) is 9.59 Å². The van der Waals surface area contributed by atoms with Crippen LogP contribution in [0.15, 0.2) is 34.3 Å². The molecule has 0 N–H and O–H groups in total. The highest BCUT2D eigenvalue weighted by atomic mass is 32.2. The third-order valence-electron chi connectivity index (χ3n) is 6.04. The van der Waals surface area contributed by atoms with Crippen LogP contribution in [0.1, 0.15) is 51.3 Å². The molecule has 1 amide bonds. The topological polar surface area (TPSA) is 73.0 Å². The van der Waals surface area contributed by atoms with Crippen LogP contribution in [-0.2, 0) is 4.79 Å². The van der Waals surface area contributed by atoms with Gasteiger partial charge in [-0.25, -0.2) is 9.67 Å². The Bertz CT molecular complexity index is 1230. The Morgan fingerprint density at radius 1 is 1.15 bits per heavy atom. The molecule has 176 valence electrons. The van der Waals surface area contributed by atoms with Crippen molar-refractivity contribution in [3.8, 4) is 5.69 Å². The summed E-state index contributed by atoms with van der Waals surface area (Å²) < 4.78 is 3.44. The van der Waals surface area contributed by atoms with Crippen molar-refractivity contribution >= 4 is 28.7 Å². The molecule has 1 aliphatic heterocycles. The molecule has 3 heterocycles. The van der Waals surface area contributed by atoms with Gasteiger partial charge in [-0.3, -0.25) is 14.2 Å². The van der Waals surface area contributed by atoms with Crippen LogP contribution in [0.3, 0.4) is 0 Å². The molecule has 0 bridgehead atoms. The van der Waals surface area contributed by atoms with E-state index < -0.39 is 0 Å². The molecule has 33 heavy (non-hydrogen) atoms. The van der Waals surface area contributed by atoms with Gasteiger partial charge in [-0.05, 0) is 48.9 Å². The summed E-state index contributed by atoms with van der Waals surface area (Å²) in [5.74, 6) is 1.58. The molecule has 0 aliphatic carbocycles. The van der Waals surface area contributed by atoms with Gasteiger partial charge in [0, 0.05) is 25.3 Å². The number of thioether (sulfide) groups is 1. The summed E-state index contributed by atoms with van der Waals surface area (Å²) in [7, 11) is 0. The highest BCUT2D eigenvalue weighted by molar-refractivity contribution is 7.99. The van der Waals surface area contributed by atoms with Gasteiger partial charge in [-0.1, -0.05) is 45.5 Å². The van der Waals surface area contributed by atoms with Crippen LogP contribution in [0.25, 0.3) is 16.7 Å². The minimum atomic E-state index is -0.186. The Hall–Kier alpha value is -2.61. The molecule has 1 atom stereocenters. The number of rotatable bonds is 7. The number of carbonyl (C=O) groups is 1. The average molecular weight is 468 g/mol. The number of nitrogens with zero attached hydrogens (tertiary/aromatic N) is 5. The van der Waals surface area contributed by atoms with Gasteiger partial charge in [-0.15, -0.1) is 0 Å². The van der Waals surface area contributed by atoms with Crippen LogP contribution in [0, 0.1) is 25.7 Å². The van der Waals surface area contributed by atoms with Gasteiger partial charge in [0.25, 0.3) is 5.56 Å². The molecule has 1 aliphatic rings. The van der Waals surface area contributed by atoms with Gasteiger partial charge >= 0.3 is 0 Å². The highest BCUT2D eigenvalue weighted by Crippen LogP contribution is 2.34. The van der Waals surface area contributed by atoms with E-state index in [1.165, 1.54) is 17.3 Å². The minimum absolute atomic E-state index is 0.105. The van der Waals surface area contributed by atoms with Crippen molar-refractivity contribution in [1.82, 2.24) is 24.2 Å². The molecule has 7 nitrogen and oxygen atoms in total. The minimum Gasteiger partial charge on any atom is -0.342 e. The van der Waals surface area contributed by atoms with Gasteiger partial charge < -0.3 is 4.90 Å². The number of hydrogen-bond acceptors (Lipinski definition) is 5. The number of aromatic nitrogens is 4. The molecule has 3 aromatic rings. The van der Waals surface area contributed by atoms with Gasteiger partial charge in [0.15, 0.2) is 10.8 Å². The van der Waals surface area contributed by atoms with Crippen molar-refractivity contribution in [1.29, 1.82) is 0 Å². The van der Waals surface area contributed by atoms with E-state index in [1.54, 1.807) is 15.4 Å². The molecule has 0 fully saturated rings. The Morgan fingerprint density at radius 2 is 1.85 bits per heavy atom. The van der Waals surface area contributed by atoms with E-state index in [0.717, 1.165) is 24.3 Å². The highest BCUT2D eigenvalue weighted by Gasteiger charge is 2.31. The lowest BCUT2D eigenvalue weighted by Crippen LogP contribution is -2.39. The zero-order valence-electron chi connectivity index (χ0n) is 20.3. The second-order valence-corrected chi connectivity index (χ2v) is 10.9. The standard InChI is InChI=1S/C25H33N5O2S/c1-15(2)12-28(13-16(3)4)22(31)10-20-14-33-25-27-23-21(24(32)29(20)25)11-26-30(23)19-8-7-17(5)18(6)9-19/h7-9,11,15-16,20H,10,12-14H2,1-6H3. The van der Waals surface area contributed by atoms with Crippen LogP contribution >= 0.6 is 11.8 Å². The molecule has 8 heteroatoms. The van der Waals surface area contributed by atoms with Gasteiger partial charge in [0.05, 0.1) is 17.9 Å². The first kappa shape index (κ1) is 23.5. The number of hydrogen-bond donors (Lipinski definition) is 0. The predicted octanol–water partition coefficient (Wildman–Crippen LogP) is 4.38. The van der Waals surface area contributed by atoms with E-state index in [-0.39, 0.29) is 17.5 Å². The number of amides is 1. The van der Waals surface area contributed by atoms with E-state index in [0.29, 0.717) is 40.2 Å². The number of benzene rings is 1. The summed E-state index contributed by atoms with van der Waals surface area (Å²) in [5, 5.41) is 5.62. The largest absolute Gasteiger partial charge is 0.342 e. The molecule has 1 aromatic carbocycles. The molecule has 0 saturated carbocycles. The van der Waals surface area contributed by atoms with E-state index in [4.69, 9.17) is 4.98 Å². The van der Waals surface area contributed by atoms with Gasteiger partial charge in [0.1, 0.15) is 5.39 Å². The van der Waals surface area contributed by atoms with Crippen molar-refractivity contribution in [2.75, 3.05) is 18.8 Å². The number of fused-ring (bicyclic) bond motifs is 2. The maximum atomic E-state index is 13.4. The fourth-order valence-corrected chi connectivity index (χ4v) is 5.45. The van der Waals surface area contributed by atoms with Crippen molar-refractivity contribution in [2.24, 2.45) is 11.8 Å². The fraction of sp³-hybridized carbons (Fsp3) is 0.520. The SMILES string of the molecule is Cc1ccc(-n2ncc3c(=O)n4c(nc32)SCC4CC(=O)N(CC(C)C)CC(C)C)cc1C. The molecule has 0 radical (unpaired) electrons. The number of carbonyl (C=O) groups excluding carboxylic acids is 1. The summed E-state index contributed by atoms with van der Waals surface area (Å²) in [6, 6.07) is 5.91. The molecule has 0 saturated heterocycles. The molecule has 4 rings (SSSR count). The van der Waals surface area contributed by atoms with Gasteiger partial charge in [-0.2, -0.15) is 5.10 Å². The Morgan fingerprint density at radius 3 is 2.48 bits per heavy atom. The predicted molar refractivity (Wildman–Crippen MR) is 133 cm³/mol. The second kappa shape index (κ2) is 9.33. The third kappa shape index (κ3) is 4.71. The molecule has 2 aromatic heterocycles. The zero-order chi connectivity index (χ0) is 23.9. The van der Waals surface area contributed by atoms with E-state index >= 15 is 0 Å². The first-order chi connectivity index (χ1) is 15.7. The van der Waals surface area contributed by atoms with Crippen molar-refractivity contribution in [3.05, 3.63) is 45.9 Å². The molecule has 0 spiro atoms. The van der Waals surface area contributed by atoms with Crippen LogP contribution in [-0.4, -0.2) is 49.0 Å². The first-order valence-corrected chi connectivity index (χ1v) is 12.6. The second-order valence-electron chi connectivity index (χ2n) is 9.89. The summed E-state index contributed by atoms with van der Waals surface area (Å²) in [6.07, 6.45) is 1.91. The quantitative estimate of drug-likeness (QED) is 0.482. The Balaban J connectivity index is 1.66. The van der Waals surface area contributed by atoms with Crippen LogP contribution < -0.4 is 5.56 Å². The lowest BCUT2D eigenvalue weighted by molar-refractivity contribution is -0.133. The smallest absolute Gasteiger partial charge is 0.265 e. The summed E-state index contributed by atoms with van der Waals surface area (Å²) in [6.45, 7) is 14.1. The summed E-state index contributed by atoms with van der Waals surface area (Å²) in [5.41, 5.74) is 3.70. The van der Waals surface area contributed by atoms with Gasteiger partial charge in [0.2, 0.25) is 5.91 Å². The lowest BCUT2D eigenvalue weighted by Gasteiger charge is -2.27. The lowest BCUT2D eigenvalue weighted by atomic mass is 10.1. The molecule has 1 unspecified atom stereocenters. The number of aryl methyl sites for hydroxylation is 2. The summed E-state index contributed by atoms with van der Waals surface area (Å²) in [4.78, 5) is 33.4.